The molecule has 1 aliphatic heterocycles. The molecule has 1 aromatic heterocycles. The van der Waals surface area contributed by atoms with Crippen molar-refractivity contribution in [1.82, 2.24) is 9.88 Å². The Morgan fingerprint density at radius 1 is 1.53 bits per heavy atom. The molecule has 2 heterocycles. The van der Waals surface area contributed by atoms with Crippen molar-refractivity contribution in [1.29, 1.82) is 0 Å². The van der Waals surface area contributed by atoms with Crippen LogP contribution in [0.25, 0.3) is 6.08 Å². The summed E-state index contributed by atoms with van der Waals surface area (Å²) in [6, 6.07) is 5.63. The molecule has 0 aromatic carbocycles. The van der Waals surface area contributed by atoms with E-state index in [1.54, 1.807) is 28.9 Å². The number of carbonyl (C=O) groups is 1. The molecule has 3 nitrogen and oxygen atoms in total. The molecule has 0 aliphatic carbocycles. The molecule has 1 saturated heterocycles. The predicted molar refractivity (Wildman–Crippen MR) is 87.1 cm³/mol. The Morgan fingerprint density at radius 2 is 2.37 bits per heavy atom. The number of pyridine rings is 1. The minimum Gasteiger partial charge on any atom is -0.293 e. The number of hydrogen-bond donors (Lipinski definition) is 0. The highest BCUT2D eigenvalue weighted by Crippen LogP contribution is 2.32. The lowest BCUT2D eigenvalue weighted by Gasteiger charge is -2.13. The van der Waals surface area contributed by atoms with Gasteiger partial charge in [0.2, 0.25) is 0 Å². The van der Waals surface area contributed by atoms with Crippen molar-refractivity contribution in [2.24, 2.45) is 0 Å². The van der Waals surface area contributed by atoms with Gasteiger partial charge in [-0.15, -0.1) is 0 Å². The van der Waals surface area contributed by atoms with Crippen molar-refractivity contribution in [3.05, 3.63) is 35.0 Å². The summed E-state index contributed by atoms with van der Waals surface area (Å²) in [6.45, 7) is 0.699. The van der Waals surface area contributed by atoms with Gasteiger partial charge in [0.05, 0.1) is 10.6 Å². The largest absolute Gasteiger partial charge is 0.293 e. The highest BCUT2D eigenvalue weighted by molar-refractivity contribution is 8.26. The quantitative estimate of drug-likeness (QED) is 0.474. The van der Waals surface area contributed by atoms with Crippen LogP contribution in [-0.4, -0.2) is 38.7 Å². The van der Waals surface area contributed by atoms with Crippen LogP contribution in [0.15, 0.2) is 29.3 Å². The molecule has 1 aromatic rings. The van der Waals surface area contributed by atoms with Gasteiger partial charge in [0.1, 0.15) is 4.32 Å². The summed E-state index contributed by atoms with van der Waals surface area (Å²) in [5.41, 5.74) is 0.784. The first-order valence-corrected chi connectivity index (χ1v) is 8.49. The van der Waals surface area contributed by atoms with Gasteiger partial charge in [-0.25, -0.2) is 0 Å². The second-order valence-electron chi connectivity index (χ2n) is 3.93. The molecule has 0 unspecified atom stereocenters. The van der Waals surface area contributed by atoms with Gasteiger partial charge in [-0.3, -0.25) is 14.7 Å². The Kier molecular flexibility index (Phi) is 5.42. The van der Waals surface area contributed by atoms with Gasteiger partial charge in [0.15, 0.2) is 0 Å². The Bertz CT molecular complexity index is 502. The zero-order valence-corrected chi connectivity index (χ0v) is 13.0. The van der Waals surface area contributed by atoms with E-state index >= 15 is 0 Å². The lowest BCUT2D eigenvalue weighted by molar-refractivity contribution is -0.122. The highest BCUT2D eigenvalue weighted by Gasteiger charge is 2.31. The van der Waals surface area contributed by atoms with Gasteiger partial charge in [0, 0.05) is 12.7 Å². The maximum atomic E-state index is 12.2. The van der Waals surface area contributed by atoms with Crippen LogP contribution in [-0.2, 0) is 4.79 Å². The van der Waals surface area contributed by atoms with E-state index in [1.807, 2.05) is 18.2 Å². The first kappa shape index (κ1) is 14.6. The Balaban J connectivity index is 2.07. The molecule has 2 rings (SSSR count). The average molecular weight is 310 g/mol. The number of amides is 1. The number of rotatable bonds is 5. The smallest absolute Gasteiger partial charge is 0.266 e. The Hall–Kier alpha value is -0.850. The lowest BCUT2D eigenvalue weighted by Crippen LogP contribution is -2.29. The molecule has 0 N–H and O–H groups in total. The fourth-order valence-electron chi connectivity index (χ4n) is 1.66. The summed E-state index contributed by atoms with van der Waals surface area (Å²) in [7, 11) is 0. The molecule has 6 heteroatoms. The molecule has 1 fully saturated rings. The van der Waals surface area contributed by atoms with Crippen molar-refractivity contribution in [2.45, 2.75) is 6.42 Å². The van der Waals surface area contributed by atoms with Crippen LogP contribution in [0.3, 0.4) is 0 Å². The minimum absolute atomic E-state index is 0.00163. The van der Waals surface area contributed by atoms with Gasteiger partial charge in [-0.05, 0) is 36.6 Å². The number of thioether (sulfide) groups is 2. The first-order chi connectivity index (χ1) is 9.22. The van der Waals surface area contributed by atoms with Gasteiger partial charge in [0.25, 0.3) is 5.91 Å². The number of nitrogens with zero attached hydrogens (tertiary/aromatic N) is 2. The fraction of sp³-hybridized carbons (Fsp3) is 0.308. The lowest BCUT2D eigenvalue weighted by atomic mass is 10.3. The van der Waals surface area contributed by atoms with E-state index in [0.717, 1.165) is 17.9 Å². The average Bonchev–Trinajstić information content (AvgIpc) is 2.68. The van der Waals surface area contributed by atoms with E-state index in [2.05, 4.69) is 11.2 Å². The van der Waals surface area contributed by atoms with Crippen molar-refractivity contribution in [2.75, 3.05) is 18.6 Å². The number of carbonyl (C=O) groups excluding carboxylic acids is 1. The second kappa shape index (κ2) is 7.07. The number of thiocarbonyl (C=S) groups is 1. The van der Waals surface area contributed by atoms with Crippen LogP contribution in [0.5, 0.6) is 0 Å². The summed E-state index contributed by atoms with van der Waals surface area (Å²) < 4.78 is 0.647. The van der Waals surface area contributed by atoms with Gasteiger partial charge < -0.3 is 0 Å². The zero-order valence-electron chi connectivity index (χ0n) is 10.5. The second-order valence-corrected chi connectivity index (χ2v) is 6.60. The van der Waals surface area contributed by atoms with Crippen molar-refractivity contribution >= 4 is 52.0 Å². The van der Waals surface area contributed by atoms with Crippen LogP contribution in [0.1, 0.15) is 12.1 Å². The molecular formula is C13H14N2OS3. The maximum Gasteiger partial charge on any atom is 0.266 e. The van der Waals surface area contributed by atoms with E-state index in [1.165, 1.54) is 11.8 Å². The third kappa shape index (κ3) is 3.81. The predicted octanol–water partition coefficient (Wildman–Crippen LogP) is 3.04. The Morgan fingerprint density at radius 3 is 3.05 bits per heavy atom. The molecule has 0 radical (unpaired) electrons. The highest BCUT2D eigenvalue weighted by atomic mass is 32.2. The van der Waals surface area contributed by atoms with Gasteiger partial charge in [-0.2, -0.15) is 11.8 Å². The SMILES string of the molecule is CSCCCN1C(=O)/C(=C\c2ccccn2)SC1=S. The maximum absolute atomic E-state index is 12.2. The molecule has 0 spiro atoms. The first-order valence-electron chi connectivity index (χ1n) is 5.87. The molecule has 100 valence electrons. The van der Waals surface area contributed by atoms with Crippen LogP contribution in [0, 0.1) is 0 Å². The molecule has 0 saturated carbocycles. The molecule has 1 amide bonds. The standard InChI is InChI=1S/C13H14N2OS3/c1-18-8-4-7-15-12(16)11(19-13(15)17)9-10-5-2-3-6-14-10/h2-3,5-6,9H,4,7-8H2,1H3/b11-9+. The van der Waals surface area contributed by atoms with E-state index in [9.17, 15) is 4.79 Å². The minimum atomic E-state index is 0.00163. The monoisotopic (exact) mass is 310 g/mol. The summed E-state index contributed by atoms with van der Waals surface area (Å²) in [4.78, 5) is 18.8. The summed E-state index contributed by atoms with van der Waals surface area (Å²) >= 11 is 8.40. The third-order valence-corrected chi connectivity index (χ3v) is 4.65. The van der Waals surface area contributed by atoms with Crippen molar-refractivity contribution in [3.63, 3.8) is 0 Å². The Labute approximate surface area is 126 Å². The van der Waals surface area contributed by atoms with Crippen LogP contribution >= 0.6 is 35.7 Å². The fourth-order valence-corrected chi connectivity index (χ4v) is 3.37. The topological polar surface area (TPSA) is 33.2 Å². The molecule has 1 aliphatic rings. The van der Waals surface area contributed by atoms with Gasteiger partial charge >= 0.3 is 0 Å². The van der Waals surface area contributed by atoms with Crippen LogP contribution in [0.4, 0.5) is 0 Å². The normalized spacial score (nSPS) is 17.5. The third-order valence-electron chi connectivity index (χ3n) is 2.57. The van der Waals surface area contributed by atoms with Crippen molar-refractivity contribution in [3.8, 4) is 0 Å². The summed E-state index contributed by atoms with van der Waals surface area (Å²) in [5, 5.41) is 0. The molecular weight excluding hydrogens is 296 g/mol. The number of aromatic nitrogens is 1. The van der Waals surface area contributed by atoms with E-state index in [4.69, 9.17) is 12.2 Å². The molecule has 0 bridgehead atoms. The van der Waals surface area contributed by atoms with Gasteiger partial charge in [-0.1, -0.05) is 30.0 Å². The van der Waals surface area contributed by atoms with Crippen molar-refractivity contribution < 1.29 is 4.79 Å². The molecule has 19 heavy (non-hydrogen) atoms. The van der Waals surface area contributed by atoms with E-state index in [-0.39, 0.29) is 5.91 Å². The van der Waals surface area contributed by atoms with Crippen LogP contribution < -0.4 is 0 Å². The van der Waals surface area contributed by atoms with Crippen LogP contribution in [0.2, 0.25) is 0 Å². The van der Waals surface area contributed by atoms with E-state index < -0.39 is 0 Å². The number of hydrogen-bond acceptors (Lipinski definition) is 5. The molecule has 0 atom stereocenters. The summed E-state index contributed by atoms with van der Waals surface area (Å²) in [6.07, 6.45) is 6.54. The van der Waals surface area contributed by atoms with E-state index in [0.29, 0.717) is 15.8 Å². The zero-order chi connectivity index (χ0) is 13.7. The summed E-state index contributed by atoms with van der Waals surface area (Å²) in [5.74, 6) is 1.04.